The molecule has 1 saturated heterocycles. The lowest BCUT2D eigenvalue weighted by Crippen LogP contribution is -2.35. The number of aromatic amines is 1. The Hall–Kier alpha value is -3.58. The van der Waals surface area contributed by atoms with Gasteiger partial charge in [0.15, 0.2) is 0 Å². The quantitative estimate of drug-likeness (QED) is 0.326. The van der Waals surface area contributed by atoms with Gasteiger partial charge in [-0.1, -0.05) is 18.2 Å². The minimum Gasteiger partial charge on any atom is -0.507 e. The van der Waals surface area contributed by atoms with Crippen LogP contribution in [0.5, 0.6) is 5.75 Å². The molecule has 172 valence electrons. The highest BCUT2D eigenvalue weighted by Gasteiger charge is 2.47. The molecule has 1 aromatic heterocycles. The fraction of sp³-hybridized carbons (Fsp3) is 0.308. The molecular weight excluding hydrogens is 418 g/mol. The van der Waals surface area contributed by atoms with Crippen molar-refractivity contribution in [1.29, 1.82) is 0 Å². The number of carbonyl (C=O) groups excluding carboxylic acids is 2. The van der Waals surface area contributed by atoms with Crippen molar-refractivity contribution in [3.63, 3.8) is 0 Å². The molecule has 0 aliphatic carbocycles. The number of aromatic nitrogens is 1. The molecule has 2 aromatic carbocycles. The predicted molar refractivity (Wildman–Crippen MR) is 128 cm³/mol. The first-order valence-electron chi connectivity index (χ1n) is 11.1. The topological polar surface area (TPSA) is 85.9 Å². The van der Waals surface area contributed by atoms with Crippen molar-refractivity contribution in [1.82, 2.24) is 14.8 Å². The van der Waals surface area contributed by atoms with Crippen molar-refractivity contribution in [2.75, 3.05) is 33.8 Å². The number of ether oxygens (including phenoxy) is 1. The van der Waals surface area contributed by atoms with Gasteiger partial charge in [0.1, 0.15) is 11.5 Å². The molecule has 33 heavy (non-hydrogen) atoms. The number of Topliss-reactive ketones (excluding diaryl/α,β-unsaturated/α-hetero) is 1. The summed E-state index contributed by atoms with van der Waals surface area (Å²) in [4.78, 5) is 33.3. The maximum Gasteiger partial charge on any atom is 0.295 e. The first-order chi connectivity index (χ1) is 15.8. The van der Waals surface area contributed by atoms with Gasteiger partial charge >= 0.3 is 0 Å². The Balaban J connectivity index is 1.89. The standard InChI is InChI=1S/C26H29N3O4/c1-5-33-18-12-10-17(11-13-18)24(30)22-23(29(15-14-28(3)4)26(32)25(22)31)21-16(2)27-20-9-7-6-8-19(20)21/h6-13,23,27,30H,5,14-15H2,1-4H3/b24-22+. The van der Waals surface area contributed by atoms with Crippen molar-refractivity contribution >= 4 is 28.4 Å². The summed E-state index contributed by atoms with van der Waals surface area (Å²) >= 11 is 0. The van der Waals surface area contributed by atoms with Gasteiger partial charge in [0.2, 0.25) is 0 Å². The minimum atomic E-state index is -0.687. The Morgan fingerprint density at radius 3 is 2.48 bits per heavy atom. The third-order valence-electron chi connectivity index (χ3n) is 5.98. The lowest BCUT2D eigenvalue weighted by Gasteiger charge is -2.27. The number of benzene rings is 2. The van der Waals surface area contributed by atoms with Crippen LogP contribution in [0.15, 0.2) is 54.1 Å². The number of nitrogens with one attached hydrogen (secondary N) is 1. The first kappa shape index (κ1) is 22.6. The molecule has 4 rings (SSSR count). The van der Waals surface area contributed by atoms with Crippen molar-refractivity contribution in [3.8, 4) is 5.75 Å². The second-order valence-corrected chi connectivity index (χ2v) is 8.46. The van der Waals surface area contributed by atoms with E-state index in [1.54, 1.807) is 29.2 Å². The van der Waals surface area contributed by atoms with Crippen LogP contribution >= 0.6 is 0 Å². The van der Waals surface area contributed by atoms with Crippen molar-refractivity contribution in [2.24, 2.45) is 0 Å². The Morgan fingerprint density at radius 1 is 1.12 bits per heavy atom. The normalized spacial score (nSPS) is 18.0. The number of amides is 1. The molecule has 0 radical (unpaired) electrons. The maximum atomic E-state index is 13.2. The number of rotatable bonds is 7. The summed E-state index contributed by atoms with van der Waals surface area (Å²) in [7, 11) is 3.84. The van der Waals surface area contributed by atoms with E-state index in [2.05, 4.69) is 4.98 Å². The van der Waals surface area contributed by atoms with E-state index in [0.29, 0.717) is 31.0 Å². The van der Waals surface area contributed by atoms with E-state index in [9.17, 15) is 14.7 Å². The number of carbonyl (C=O) groups is 2. The van der Waals surface area contributed by atoms with Gasteiger partial charge in [-0.05, 0) is 58.3 Å². The van der Waals surface area contributed by atoms with Crippen molar-refractivity contribution < 1.29 is 19.4 Å². The molecule has 1 atom stereocenters. The van der Waals surface area contributed by atoms with Gasteiger partial charge in [0, 0.05) is 40.8 Å². The van der Waals surface area contributed by atoms with Crippen molar-refractivity contribution in [3.05, 3.63) is 70.9 Å². The molecule has 0 bridgehead atoms. The second kappa shape index (κ2) is 9.11. The Morgan fingerprint density at radius 2 is 1.82 bits per heavy atom. The van der Waals surface area contributed by atoms with Crippen molar-refractivity contribution in [2.45, 2.75) is 19.9 Å². The SMILES string of the molecule is CCOc1ccc(/C(O)=C2\C(=O)C(=O)N(CCN(C)C)C2c2c(C)[nH]c3ccccc23)cc1. The maximum absolute atomic E-state index is 13.2. The number of H-pyrrole nitrogens is 1. The number of aliphatic hydroxyl groups excluding tert-OH is 1. The summed E-state index contributed by atoms with van der Waals surface area (Å²) < 4.78 is 5.48. The van der Waals surface area contributed by atoms with E-state index in [4.69, 9.17) is 4.74 Å². The molecule has 7 heteroatoms. The average Bonchev–Trinajstić information content (AvgIpc) is 3.25. The molecule has 1 unspecified atom stereocenters. The third kappa shape index (κ3) is 4.12. The number of likely N-dealkylation sites (N-methyl/N-ethyl adjacent to an activating group) is 1. The Bertz CT molecular complexity index is 1220. The molecule has 2 N–H and O–H groups in total. The number of aryl methyl sites for hydroxylation is 1. The van der Waals surface area contributed by atoms with E-state index in [0.717, 1.165) is 22.2 Å². The van der Waals surface area contributed by atoms with Crippen LogP contribution in [0.1, 0.15) is 29.8 Å². The van der Waals surface area contributed by atoms with Crippen LogP contribution in [0.3, 0.4) is 0 Å². The zero-order chi connectivity index (χ0) is 23.7. The van der Waals surface area contributed by atoms with Crippen LogP contribution in [0, 0.1) is 6.92 Å². The molecule has 1 amide bonds. The summed E-state index contributed by atoms with van der Waals surface area (Å²) in [6, 6.07) is 14.0. The molecule has 1 aliphatic heterocycles. The van der Waals surface area contributed by atoms with Crippen LogP contribution in [0.2, 0.25) is 0 Å². The Labute approximate surface area is 193 Å². The highest BCUT2D eigenvalue weighted by molar-refractivity contribution is 6.46. The van der Waals surface area contributed by atoms with E-state index < -0.39 is 17.7 Å². The number of fused-ring (bicyclic) bond motifs is 1. The van der Waals surface area contributed by atoms with Gasteiger partial charge in [-0.3, -0.25) is 9.59 Å². The van der Waals surface area contributed by atoms with Crippen LogP contribution in [0.25, 0.3) is 16.7 Å². The second-order valence-electron chi connectivity index (χ2n) is 8.46. The third-order valence-corrected chi connectivity index (χ3v) is 5.98. The molecule has 1 fully saturated rings. The Kier molecular flexibility index (Phi) is 6.24. The van der Waals surface area contributed by atoms with Crippen LogP contribution in [-0.2, 0) is 9.59 Å². The smallest absolute Gasteiger partial charge is 0.295 e. The monoisotopic (exact) mass is 447 g/mol. The zero-order valence-electron chi connectivity index (χ0n) is 19.4. The molecular formula is C26H29N3O4. The zero-order valence-corrected chi connectivity index (χ0v) is 19.4. The number of likely N-dealkylation sites (tertiary alicyclic amines) is 1. The van der Waals surface area contributed by atoms with E-state index in [-0.39, 0.29) is 11.3 Å². The fourth-order valence-corrected chi connectivity index (χ4v) is 4.40. The number of hydrogen-bond acceptors (Lipinski definition) is 5. The average molecular weight is 448 g/mol. The predicted octanol–water partition coefficient (Wildman–Crippen LogP) is 3.86. The van der Waals surface area contributed by atoms with E-state index >= 15 is 0 Å². The van der Waals surface area contributed by atoms with Crippen LogP contribution in [0.4, 0.5) is 0 Å². The largest absolute Gasteiger partial charge is 0.507 e. The van der Waals surface area contributed by atoms with Crippen LogP contribution in [-0.4, -0.2) is 65.4 Å². The molecule has 0 spiro atoms. The lowest BCUT2D eigenvalue weighted by atomic mass is 9.93. The molecule has 2 heterocycles. The molecule has 7 nitrogen and oxygen atoms in total. The summed E-state index contributed by atoms with van der Waals surface area (Å²) in [5, 5.41) is 12.2. The van der Waals surface area contributed by atoms with Gasteiger partial charge in [-0.25, -0.2) is 0 Å². The summed E-state index contributed by atoms with van der Waals surface area (Å²) in [6.07, 6.45) is 0. The molecule has 3 aromatic rings. The van der Waals surface area contributed by atoms with Gasteiger partial charge in [0.25, 0.3) is 11.7 Å². The fourth-order valence-electron chi connectivity index (χ4n) is 4.40. The summed E-state index contributed by atoms with van der Waals surface area (Å²) in [5.74, 6) is -0.781. The highest BCUT2D eigenvalue weighted by atomic mass is 16.5. The number of hydrogen-bond donors (Lipinski definition) is 2. The highest BCUT2D eigenvalue weighted by Crippen LogP contribution is 2.43. The number of para-hydroxylation sites is 1. The molecule has 0 saturated carbocycles. The first-order valence-corrected chi connectivity index (χ1v) is 11.1. The number of ketones is 1. The molecule has 1 aliphatic rings. The van der Waals surface area contributed by atoms with Crippen LogP contribution < -0.4 is 4.74 Å². The van der Waals surface area contributed by atoms with E-state index in [1.807, 2.05) is 57.1 Å². The number of nitrogens with zero attached hydrogens (tertiary/aromatic N) is 2. The summed E-state index contributed by atoms with van der Waals surface area (Å²) in [5.41, 5.74) is 3.18. The summed E-state index contributed by atoms with van der Waals surface area (Å²) in [6.45, 7) is 5.31. The van der Waals surface area contributed by atoms with Gasteiger partial charge in [-0.2, -0.15) is 0 Å². The minimum absolute atomic E-state index is 0.107. The van der Waals surface area contributed by atoms with E-state index in [1.165, 1.54) is 0 Å². The van der Waals surface area contributed by atoms with Gasteiger partial charge in [-0.15, -0.1) is 0 Å². The lowest BCUT2D eigenvalue weighted by molar-refractivity contribution is -0.140. The van der Waals surface area contributed by atoms with Gasteiger partial charge < -0.3 is 24.6 Å². The van der Waals surface area contributed by atoms with Gasteiger partial charge in [0.05, 0.1) is 18.2 Å². The number of aliphatic hydroxyl groups is 1.